The number of hydrogen-bond donors (Lipinski definition) is 1. The lowest BCUT2D eigenvalue weighted by Crippen LogP contribution is -1.97. The zero-order chi connectivity index (χ0) is 11.4. The minimum absolute atomic E-state index is 0.275. The average Bonchev–Trinajstić information content (AvgIpc) is 2.14. The highest BCUT2D eigenvalue weighted by Gasteiger charge is 2.07. The first-order valence-electron chi connectivity index (χ1n) is 3.91. The van der Waals surface area contributed by atoms with Gasteiger partial charge in [0.15, 0.2) is 5.78 Å². The Morgan fingerprint density at radius 3 is 2.53 bits per heavy atom. The molecule has 0 saturated heterocycles. The highest BCUT2D eigenvalue weighted by atomic mass is 79.9. The summed E-state index contributed by atoms with van der Waals surface area (Å²) in [6.45, 7) is 0. The second kappa shape index (κ2) is 5.09. The van der Waals surface area contributed by atoms with Crippen molar-refractivity contribution in [1.29, 1.82) is 0 Å². The van der Waals surface area contributed by atoms with Crippen LogP contribution in [0.25, 0.3) is 0 Å². The number of allylic oxidation sites excluding steroid dienone is 1. The molecule has 1 aromatic carbocycles. The predicted molar refractivity (Wildman–Crippen MR) is 60.3 cm³/mol. The van der Waals surface area contributed by atoms with Gasteiger partial charge in [0, 0.05) is 16.1 Å². The lowest BCUT2D eigenvalue weighted by Gasteiger charge is -1.99. The van der Waals surface area contributed by atoms with Gasteiger partial charge in [0.25, 0.3) is 0 Å². The molecule has 0 aliphatic rings. The molecule has 15 heavy (non-hydrogen) atoms. The SMILES string of the molecule is O=C(O)/C=C/C(=O)c1ccc(Br)cc1Cl. The van der Waals surface area contributed by atoms with Crippen LogP contribution in [0.4, 0.5) is 0 Å². The smallest absolute Gasteiger partial charge is 0.328 e. The topological polar surface area (TPSA) is 54.4 Å². The number of carbonyl (C=O) groups is 2. The molecule has 3 nitrogen and oxygen atoms in total. The highest BCUT2D eigenvalue weighted by Crippen LogP contribution is 2.21. The molecule has 0 amide bonds. The van der Waals surface area contributed by atoms with Crippen LogP contribution in [0.3, 0.4) is 0 Å². The first kappa shape index (κ1) is 11.9. The number of hydrogen-bond acceptors (Lipinski definition) is 2. The lowest BCUT2D eigenvalue weighted by atomic mass is 10.1. The number of ketones is 1. The minimum Gasteiger partial charge on any atom is -0.478 e. The maximum Gasteiger partial charge on any atom is 0.328 e. The van der Waals surface area contributed by atoms with Gasteiger partial charge in [-0.2, -0.15) is 0 Å². The van der Waals surface area contributed by atoms with Gasteiger partial charge in [0.05, 0.1) is 5.02 Å². The van der Waals surface area contributed by atoms with Gasteiger partial charge in [-0.05, 0) is 24.3 Å². The second-order valence-electron chi connectivity index (χ2n) is 2.66. The number of halogens is 2. The van der Waals surface area contributed by atoms with Crippen molar-refractivity contribution in [3.05, 3.63) is 45.4 Å². The van der Waals surface area contributed by atoms with Crippen molar-refractivity contribution in [2.45, 2.75) is 0 Å². The van der Waals surface area contributed by atoms with Gasteiger partial charge in [-0.25, -0.2) is 4.79 Å². The van der Waals surface area contributed by atoms with E-state index in [4.69, 9.17) is 16.7 Å². The monoisotopic (exact) mass is 288 g/mol. The van der Waals surface area contributed by atoms with Crippen LogP contribution in [0.1, 0.15) is 10.4 Å². The molecule has 0 radical (unpaired) electrons. The molecular formula is C10H6BrClO3. The van der Waals surface area contributed by atoms with E-state index in [2.05, 4.69) is 15.9 Å². The molecule has 1 rings (SSSR count). The molecule has 78 valence electrons. The van der Waals surface area contributed by atoms with E-state index in [1.807, 2.05) is 0 Å². The first-order valence-corrected chi connectivity index (χ1v) is 5.08. The van der Waals surface area contributed by atoms with Crippen molar-refractivity contribution in [3.8, 4) is 0 Å². The van der Waals surface area contributed by atoms with Crippen LogP contribution < -0.4 is 0 Å². The Bertz CT molecular complexity index is 440. The maximum atomic E-state index is 11.4. The van der Waals surface area contributed by atoms with Gasteiger partial charge in [0.1, 0.15) is 0 Å². The van der Waals surface area contributed by atoms with Crippen LogP contribution in [-0.4, -0.2) is 16.9 Å². The van der Waals surface area contributed by atoms with Crippen LogP contribution in [-0.2, 0) is 4.79 Å². The van der Waals surface area contributed by atoms with Gasteiger partial charge >= 0.3 is 5.97 Å². The molecule has 0 aliphatic heterocycles. The summed E-state index contributed by atoms with van der Waals surface area (Å²) in [6, 6.07) is 4.76. The zero-order valence-electron chi connectivity index (χ0n) is 7.41. The summed E-state index contributed by atoms with van der Waals surface area (Å²) in [5, 5.41) is 8.63. The molecule has 0 aromatic heterocycles. The van der Waals surface area contributed by atoms with Gasteiger partial charge in [0.2, 0.25) is 0 Å². The van der Waals surface area contributed by atoms with E-state index < -0.39 is 11.8 Å². The van der Waals surface area contributed by atoms with Crippen molar-refractivity contribution in [2.24, 2.45) is 0 Å². The fourth-order valence-corrected chi connectivity index (χ4v) is 1.69. The second-order valence-corrected chi connectivity index (χ2v) is 3.98. The van der Waals surface area contributed by atoms with Crippen molar-refractivity contribution < 1.29 is 14.7 Å². The van der Waals surface area contributed by atoms with Gasteiger partial charge in [-0.1, -0.05) is 27.5 Å². The summed E-state index contributed by atoms with van der Waals surface area (Å²) in [5.41, 5.74) is 0.275. The van der Waals surface area contributed by atoms with Gasteiger partial charge < -0.3 is 5.11 Å². The normalized spacial score (nSPS) is 10.5. The van der Waals surface area contributed by atoms with E-state index in [0.717, 1.165) is 16.6 Å². The molecule has 1 N–H and O–H groups in total. The summed E-state index contributed by atoms with van der Waals surface area (Å²) >= 11 is 9.01. The van der Waals surface area contributed by atoms with Crippen LogP contribution in [0.2, 0.25) is 5.02 Å². The molecular weight excluding hydrogens is 283 g/mol. The molecule has 5 heteroatoms. The van der Waals surface area contributed by atoms with E-state index in [1.54, 1.807) is 12.1 Å². The minimum atomic E-state index is -1.17. The molecule has 1 aromatic rings. The molecule has 0 bridgehead atoms. The Kier molecular flexibility index (Phi) is 4.05. The third-order valence-corrected chi connectivity index (χ3v) is 2.38. The van der Waals surface area contributed by atoms with Crippen molar-refractivity contribution >= 4 is 39.3 Å². The molecule has 0 spiro atoms. The van der Waals surface area contributed by atoms with E-state index in [1.165, 1.54) is 6.07 Å². The van der Waals surface area contributed by atoms with Crippen molar-refractivity contribution in [3.63, 3.8) is 0 Å². The fourth-order valence-electron chi connectivity index (χ4n) is 0.926. The summed E-state index contributed by atoms with van der Waals surface area (Å²) in [6.07, 6.45) is 1.75. The van der Waals surface area contributed by atoms with E-state index in [0.29, 0.717) is 0 Å². The van der Waals surface area contributed by atoms with Gasteiger partial charge in [-0.15, -0.1) is 0 Å². The zero-order valence-corrected chi connectivity index (χ0v) is 9.75. The van der Waals surface area contributed by atoms with Gasteiger partial charge in [-0.3, -0.25) is 4.79 Å². The first-order chi connectivity index (χ1) is 7.00. The Hall–Kier alpha value is -1.13. The highest BCUT2D eigenvalue weighted by molar-refractivity contribution is 9.10. The number of aliphatic carboxylic acids is 1. The maximum absolute atomic E-state index is 11.4. The molecule has 0 fully saturated rings. The number of carboxylic acids is 1. The third-order valence-electron chi connectivity index (χ3n) is 1.57. The van der Waals surface area contributed by atoms with Crippen LogP contribution in [0, 0.1) is 0 Å². The third kappa shape index (κ3) is 3.49. The Morgan fingerprint density at radius 2 is 2.00 bits per heavy atom. The quantitative estimate of drug-likeness (QED) is 0.687. The summed E-state index contributed by atoms with van der Waals surface area (Å²) < 4.78 is 0.756. The van der Waals surface area contributed by atoms with E-state index in [-0.39, 0.29) is 10.6 Å². The van der Waals surface area contributed by atoms with Crippen LogP contribution in [0.15, 0.2) is 34.8 Å². The number of carbonyl (C=O) groups excluding carboxylic acids is 1. The Labute approximate surface area is 99.5 Å². The van der Waals surface area contributed by atoms with Crippen molar-refractivity contribution in [1.82, 2.24) is 0 Å². The predicted octanol–water partition coefficient (Wildman–Crippen LogP) is 2.93. The molecule has 0 unspecified atom stereocenters. The summed E-state index contributed by atoms with van der Waals surface area (Å²) in [7, 11) is 0. The average molecular weight is 290 g/mol. The number of benzene rings is 1. The number of carboxylic acid groups (broad SMARTS) is 1. The molecule has 0 atom stereocenters. The number of rotatable bonds is 3. The van der Waals surface area contributed by atoms with E-state index in [9.17, 15) is 9.59 Å². The van der Waals surface area contributed by atoms with E-state index >= 15 is 0 Å². The standard InChI is InChI=1S/C10H6BrClO3/c11-6-1-2-7(8(12)5-6)9(13)3-4-10(14)15/h1-5H,(H,14,15)/b4-3+. The Balaban J connectivity index is 2.97. The molecule has 0 heterocycles. The molecule has 0 aliphatic carbocycles. The summed E-state index contributed by atoms with van der Waals surface area (Å²) in [4.78, 5) is 21.6. The van der Waals surface area contributed by atoms with Crippen LogP contribution >= 0.6 is 27.5 Å². The van der Waals surface area contributed by atoms with Crippen molar-refractivity contribution in [2.75, 3.05) is 0 Å². The largest absolute Gasteiger partial charge is 0.478 e. The fraction of sp³-hybridized carbons (Fsp3) is 0. The molecule has 0 saturated carbocycles. The Morgan fingerprint density at radius 1 is 1.33 bits per heavy atom. The lowest BCUT2D eigenvalue weighted by molar-refractivity contribution is -0.131. The summed E-state index contributed by atoms with van der Waals surface area (Å²) in [5.74, 6) is -1.61. The van der Waals surface area contributed by atoms with Crippen LogP contribution in [0.5, 0.6) is 0 Å².